The van der Waals surface area contributed by atoms with Gasteiger partial charge < -0.3 is 14.7 Å². The Morgan fingerprint density at radius 1 is 1.28 bits per heavy atom. The van der Waals surface area contributed by atoms with Crippen molar-refractivity contribution in [1.82, 2.24) is 15.0 Å². The van der Waals surface area contributed by atoms with E-state index >= 15 is 0 Å². The van der Waals surface area contributed by atoms with Gasteiger partial charge in [-0.25, -0.2) is 4.98 Å². The Balaban J connectivity index is 1.72. The highest BCUT2D eigenvalue weighted by atomic mass is 35.5. The number of carbonyl (C=O) groups excluding carboxylic acids is 2. The molecular weight excluding hydrogens is 344 g/mol. The number of halogens is 1. The lowest BCUT2D eigenvalue weighted by atomic mass is 10.1. The van der Waals surface area contributed by atoms with Crippen LogP contribution < -0.4 is 5.32 Å². The maximum absolute atomic E-state index is 12.5. The molecule has 128 valence electrons. The first-order valence-corrected chi connectivity index (χ1v) is 7.86. The van der Waals surface area contributed by atoms with Crippen molar-refractivity contribution in [2.24, 2.45) is 0 Å². The highest BCUT2D eigenvalue weighted by molar-refractivity contribution is 6.34. The SMILES string of the molecule is Cc1cc(NC(=O)CN(C)C(=O)c2cc3ccccc3c(Cl)n2)no1. The van der Waals surface area contributed by atoms with Gasteiger partial charge in [-0.05, 0) is 18.4 Å². The molecule has 1 N–H and O–H groups in total. The van der Waals surface area contributed by atoms with E-state index in [0.717, 1.165) is 10.8 Å². The van der Waals surface area contributed by atoms with E-state index in [0.29, 0.717) is 11.6 Å². The maximum atomic E-state index is 12.5. The van der Waals surface area contributed by atoms with Crippen molar-refractivity contribution in [3.63, 3.8) is 0 Å². The molecule has 2 aromatic heterocycles. The number of fused-ring (bicyclic) bond motifs is 1. The number of amides is 2. The van der Waals surface area contributed by atoms with Gasteiger partial charge in [0, 0.05) is 18.5 Å². The molecule has 0 saturated heterocycles. The number of rotatable bonds is 4. The van der Waals surface area contributed by atoms with Crippen molar-refractivity contribution in [1.29, 1.82) is 0 Å². The fourth-order valence-corrected chi connectivity index (χ4v) is 2.62. The first kappa shape index (κ1) is 16.9. The van der Waals surface area contributed by atoms with Crippen LogP contribution in [0.1, 0.15) is 16.2 Å². The molecule has 2 amide bonds. The zero-order chi connectivity index (χ0) is 18.0. The number of anilines is 1. The number of benzene rings is 1. The van der Waals surface area contributed by atoms with Crippen molar-refractivity contribution in [2.45, 2.75) is 6.92 Å². The molecule has 0 bridgehead atoms. The Morgan fingerprint density at radius 2 is 2.04 bits per heavy atom. The normalized spacial score (nSPS) is 10.7. The van der Waals surface area contributed by atoms with Gasteiger partial charge in [-0.1, -0.05) is 41.0 Å². The molecule has 3 aromatic rings. The second kappa shape index (κ2) is 6.90. The number of hydrogen-bond donors (Lipinski definition) is 1. The number of aromatic nitrogens is 2. The molecule has 0 radical (unpaired) electrons. The molecule has 0 aliphatic carbocycles. The summed E-state index contributed by atoms with van der Waals surface area (Å²) in [6.45, 7) is 1.56. The summed E-state index contributed by atoms with van der Waals surface area (Å²) in [6.07, 6.45) is 0. The van der Waals surface area contributed by atoms with Crippen molar-refractivity contribution < 1.29 is 14.1 Å². The average molecular weight is 359 g/mol. The highest BCUT2D eigenvalue weighted by Gasteiger charge is 2.18. The van der Waals surface area contributed by atoms with Gasteiger partial charge in [0.2, 0.25) is 5.91 Å². The minimum Gasteiger partial charge on any atom is -0.360 e. The van der Waals surface area contributed by atoms with Crippen molar-refractivity contribution in [3.05, 3.63) is 53.0 Å². The fourth-order valence-electron chi connectivity index (χ4n) is 2.36. The van der Waals surface area contributed by atoms with Crippen LogP contribution >= 0.6 is 11.6 Å². The lowest BCUT2D eigenvalue weighted by Gasteiger charge is -2.16. The van der Waals surface area contributed by atoms with E-state index in [-0.39, 0.29) is 17.4 Å². The molecular formula is C17H15ClN4O3. The molecule has 1 aromatic carbocycles. The van der Waals surface area contributed by atoms with E-state index in [1.165, 1.54) is 11.9 Å². The van der Waals surface area contributed by atoms with Crippen LogP contribution in [-0.2, 0) is 4.79 Å². The lowest BCUT2D eigenvalue weighted by molar-refractivity contribution is -0.116. The fraction of sp³-hybridized carbons (Fsp3) is 0.176. The molecule has 0 saturated carbocycles. The van der Waals surface area contributed by atoms with Gasteiger partial charge in [0.1, 0.15) is 16.6 Å². The molecule has 0 aliphatic heterocycles. The summed E-state index contributed by atoms with van der Waals surface area (Å²) in [5.41, 5.74) is 0.177. The second-order valence-electron chi connectivity index (χ2n) is 5.55. The first-order chi connectivity index (χ1) is 11.9. The van der Waals surface area contributed by atoms with Crippen LogP contribution in [0.5, 0.6) is 0 Å². The van der Waals surface area contributed by atoms with Crippen LogP contribution in [0, 0.1) is 6.92 Å². The molecule has 0 fully saturated rings. The van der Waals surface area contributed by atoms with Gasteiger partial charge in [0.05, 0.1) is 6.54 Å². The summed E-state index contributed by atoms with van der Waals surface area (Å²) in [6, 6.07) is 10.6. The Bertz CT molecular complexity index is 954. The Morgan fingerprint density at radius 3 is 2.76 bits per heavy atom. The molecule has 0 atom stereocenters. The number of nitrogens with one attached hydrogen (secondary N) is 1. The lowest BCUT2D eigenvalue weighted by Crippen LogP contribution is -2.35. The van der Waals surface area contributed by atoms with Crippen LogP contribution in [0.25, 0.3) is 10.8 Å². The number of carbonyl (C=O) groups is 2. The smallest absolute Gasteiger partial charge is 0.272 e. The average Bonchev–Trinajstić information content (AvgIpc) is 2.98. The highest BCUT2D eigenvalue weighted by Crippen LogP contribution is 2.22. The zero-order valence-corrected chi connectivity index (χ0v) is 14.4. The van der Waals surface area contributed by atoms with Crippen LogP contribution in [-0.4, -0.2) is 40.4 Å². The summed E-state index contributed by atoms with van der Waals surface area (Å²) in [5.74, 6) is 0.0835. The molecule has 0 unspecified atom stereocenters. The van der Waals surface area contributed by atoms with Gasteiger partial charge in [-0.3, -0.25) is 9.59 Å². The Hall–Kier alpha value is -2.93. The van der Waals surface area contributed by atoms with Crippen molar-refractivity contribution in [2.75, 3.05) is 18.9 Å². The largest absolute Gasteiger partial charge is 0.360 e. The van der Waals surface area contributed by atoms with E-state index < -0.39 is 11.8 Å². The van der Waals surface area contributed by atoms with Crippen LogP contribution in [0.2, 0.25) is 5.15 Å². The predicted octanol–water partition coefficient (Wildman–Crippen LogP) is 2.90. The number of pyridine rings is 1. The van der Waals surface area contributed by atoms with Crippen LogP contribution in [0.3, 0.4) is 0 Å². The standard InChI is InChI=1S/C17H15ClN4O3/c1-10-7-14(21-25-10)20-15(23)9-22(2)17(24)13-8-11-5-3-4-6-12(11)16(18)19-13/h3-8H,9H2,1-2H3,(H,20,21,23). The molecule has 0 aliphatic rings. The third kappa shape index (κ3) is 3.77. The molecule has 3 rings (SSSR count). The summed E-state index contributed by atoms with van der Waals surface area (Å²) in [5, 5.41) is 8.05. The van der Waals surface area contributed by atoms with Gasteiger partial charge in [0.25, 0.3) is 5.91 Å². The van der Waals surface area contributed by atoms with E-state index in [2.05, 4.69) is 15.5 Å². The van der Waals surface area contributed by atoms with Gasteiger partial charge in [0.15, 0.2) is 5.82 Å². The summed E-state index contributed by atoms with van der Waals surface area (Å²) >= 11 is 6.15. The Labute approximate surface area is 148 Å². The number of aryl methyl sites for hydroxylation is 1. The zero-order valence-electron chi connectivity index (χ0n) is 13.6. The maximum Gasteiger partial charge on any atom is 0.272 e. The molecule has 25 heavy (non-hydrogen) atoms. The first-order valence-electron chi connectivity index (χ1n) is 7.48. The van der Waals surface area contributed by atoms with E-state index in [1.54, 1.807) is 19.1 Å². The molecule has 0 spiro atoms. The summed E-state index contributed by atoms with van der Waals surface area (Å²) in [4.78, 5) is 29.9. The number of nitrogens with zero attached hydrogens (tertiary/aromatic N) is 3. The van der Waals surface area contributed by atoms with Gasteiger partial charge in [-0.15, -0.1) is 0 Å². The van der Waals surface area contributed by atoms with Crippen LogP contribution in [0.4, 0.5) is 5.82 Å². The van der Waals surface area contributed by atoms with Crippen LogP contribution in [0.15, 0.2) is 40.9 Å². The van der Waals surface area contributed by atoms with E-state index in [1.807, 2.05) is 24.3 Å². The number of likely N-dealkylation sites (N-methyl/N-ethyl adjacent to an activating group) is 1. The number of hydrogen-bond acceptors (Lipinski definition) is 5. The summed E-state index contributed by atoms with van der Waals surface area (Å²) in [7, 11) is 1.51. The molecule has 8 heteroatoms. The molecule has 2 heterocycles. The molecule has 7 nitrogen and oxygen atoms in total. The topological polar surface area (TPSA) is 88.3 Å². The predicted molar refractivity (Wildman–Crippen MR) is 93.6 cm³/mol. The van der Waals surface area contributed by atoms with Gasteiger partial charge >= 0.3 is 0 Å². The van der Waals surface area contributed by atoms with E-state index in [4.69, 9.17) is 16.1 Å². The van der Waals surface area contributed by atoms with E-state index in [9.17, 15) is 9.59 Å². The van der Waals surface area contributed by atoms with Crippen molar-refractivity contribution >= 4 is 40.0 Å². The second-order valence-corrected chi connectivity index (χ2v) is 5.91. The summed E-state index contributed by atoms with van der Waals surface area (Å²) < 4.78 is 4.87. The third-order valence-electron chi connectivity index (χ3n) is 3.54. The monoisotopic (exact) mass is 358 g/mol. The third-order valence-corrected chi connectivity index (χ3v) is 3.82. The minimum absolute atomic E-state index is 0.156. The van der Waals surface area contributed by atoms with Crippen molar-refractivity contribution in [3.8, 4) is 0 Å². The quantitative estimate of drug-likeness (QED) is 0.724. The van der Waals surface area contributed by atoms with Gasteiger partial charge in [-0.2, -0.15) is 0 Å². The minimum atomic E-state index is -0.404. The Kier molecular flexibility index (Phi) is 4.67.